The molecule has 1 aromatic carbocycles. The van der Waals surface area contributed by atoms with Crippen LogP contribution in [0.3, 0.4) is 0 Å². The third-order valence-corrected chi connectivity index (χ3v) is 4.80. The quantitative estimate of drug-likeness (QED) is 0.755. The minimum absolute atomic E-state index is 0.0141. The van der Waals surface area contributed by atoms with Gasteiger partial charge in [0.1, 0.15) is 8.68 Å². The van der Waals surface area contributed by atoms with E-state index in [1.165, 1.54) is 24.3 Å². The first-order chi connectivity index (χ1) is 6.76. The Morgan fingerprint density at radius 3 is 2.13 bits per heavy atom. The topological polar surface area (TPSA) is 20.3 Å². The lowest BCUT2D eigenvalue weighted by molar-refractivity contribution is -0.201. The molecule has 0 spiro atoms. The van der Waals surface area contributed by atoms with Crippen LogP contribution in [0.15, 0.2) is 35.2 Å². The fraction of sp³-hybridized carbons (Fsp3) is 0.250. The minimum atomic E-state index is -4.70. The number of hydrogen-bond acceptors (Lipinski definition) is 2. The Hall–Kier alpha value is -0.660. The van der Waals surface area contributed by atoms with Crippen molar-refractivity contribution in [1.29, 1.82) is 0 Å². The van der Waals surface area contributed by atoms with E-state index in [1.54, 1.807) is 6.07 Å². The maximum Gasteiger partial charge on any atom is 0.471 e. The summed E-state index contributed by atoms with van der Waals surface area (Å²) in [6, 6.07) is 7.23. The Morgan fingerprint density at radius 2 is 1.73 bits per heavy atom. The number of nitrogens with zero attached hydrogens (tertiary/aromatic N) is 1. The zero-order chi connectivity index (χ0) is 11.7. The molecule has 0 aliphatic heterocycles. The molecule has 0 fully saturated rings. The Balaban J connectivity index is 3.16. The lowest BCUT2D eigenvalue weighted by Crippen LogP contribution is -2.38. The predicted octanol–water partition coefficient (Wildman–Crippen LogP) is 2.16. The van der Waals surface area contributed by atoms with Gasteiger partial charge in [-0.15, -0.1) is 4.31 Å². The summed E-state index contributed by atoms with van der Waals surface area (Å²) in [7, 11) is -2.97. The van der Waals surface area contributed by atoms with Crippen LogP contribution in [-0.2, 0) is 19.9 Å². The van der Waals surface area contributed by atoms with Crippen LogP contribution in [0.4, 0.5) is 13.2 Å². The summed E-state index contributed by atoms with van der Waals surface area (Å²) in [4.78, 5) is -0.0141. The summed E-state index contributed by atoms with van der Waals surface area (Å²) < 4.78 is 48.4. The molecule has 1 rings (SSSR count). The SMILES string of the molecule is CN(C(F)(F)F)S(=O)(=S)c1ccccc1. The maximum atomic E-state index is 12.3. The van der Waals surface area contributed by atoms with Gasteiger partial charge in [-0.3, -0.25) is 0 Å². The molecular weight excluding hydrogens is 247 g/mol. The van der Waals surface area contributed by atoms with Crippen LogP contribution in [0.5, 0.6) is 0 Å². The molecule has 0 aliphatic rings. The zero-order valence-corrected chi connectivity index (χ0v) is 9.33. The molecule has 0 N–H and O–H groups in total. The van der Waals surface area contributed by atoms with Gasteiger partial charge in [0, 0.05) is 18.2 Å². The number of benzene rings is 1. The Kier molecular flexibility index (Phi) is 3.37. The molecule has 1 unspecified atom stereocenters. The van der Waals surface area contributed by atoms with Gasteiger partial charge < -0.3 is 0 Å². The zero-order valence-electron chi connectivity index (χ0n) is 7.69. The molecule has 0 aromatic heterocycles. The first-order valence-corrected chi connectivity index (χ1v) is 6.31. The van der Waals surface area contributed by atoms with Gasteiger partial charge in [0.2, 0.25) is 0 Å². The molecule has 2 nitrogen and oxygen atoms in total. The second-order valence-corrected chi connectivity index (χ2v) is 6.08. The van der Waals surface area contributed by atoms with Crippen molar-refractivity contribution in [1.82, 2.24) is 4.31 Å². The Bertz CT molecular complexity index is 427. The largest absolute Gasteiger partial charge is 0.471 e. The van der Waals surface area contributed by atoms with E-state index >= 15 is 0 Å². The highest BCUT2D eigenvalue weighted by atomic mass is 32.8. The van der Waals surface area contributed by atoms with Crippen molar-refractivity contribution < 1.29 is 17.4 Å². The van der Waals surface area contributed by atoms with E-state index in [4.69, 9.17) is 0 Å². The standard InChI is InChI=1S/C8H8F3NOS2/c1-12(8(9,10)11)15(13,14)7-5-3-2-4-6-7/h2-6H,1H3. The van der Waals surface area contributed by atoms with Gasteiger partial charge >= 0.3 is 6.30 Å². The van der Waals surface area contributed by atoms with Crippen LogP contribution < -0.4 is 0 Å². The molecule has 0 saturated carbocycles. The molecule has 0 amide bonds. The van der Waals surface area contributed by atoms with Gasteiger partial charge in [0.25, 0.3) is 0 Å². The second kappa shape index (κ2) is 4.07. The molecule has 0 heterocycles. The number of rotatable bonds is 2. The van der Waals surface area contributed by atoms with Gasteiger partial charge in [0.15, 0.2) is 0 Å². The van der Waals surface area contributed by atoms with Gasteiger partial charge in [0.05, 0.1) is 4.90 Å². The van der Waals surface area contributed by atoms with E-state index in [-0.39, 0.29) is 9.20 Å². The fourth-order valence-corrected chi connectivity index (χ4v) is 2.56. The smallest absolute Gasteiger partial charge is 0.236 e. The normalized spacial score (nSPS) is 16.3. The van der Waals surface area contributed by atoms with Crippen LogP contribution >= 0.6 is 0 Å². The van der Waals surface area contributed by atoms with Gasteiger partial charge in [-0.1, -0.05) is 18.2 Å². The highest BCUT2D eigenvalue weighted by Gasteiger charge is 2.40. The highest BCUT2D eigenvalue weighted by Crippen LogP contribution is 2.26. The molecule has 0 aliphatic carbocycles. The van der Waals surface area contributed by atoms with Gasteiger partial charge in [-0.05, 0) is 12.1 Å². The lowest BCUT2D eigenvalue weighted by atomic mass is 10.4. The van der Waals surface area contributed by atoms with Crippen molar-refractivity contribution in [3.63, 3.8) is 0 Å². The van der Waals surface area contributed by atoms with E-state index in [0.29, 0.717) is 7.05 Å². The van der Waals surface area contributed by atoms with E-state index in [9.17, 15) is 17.4 Å². The summed E-state index contributed by atoms with van der Waals surface area (Å²) >= 11 is 4.51. The molecule has 0 bridgehead atoms. The van der Waals surface area contributed by atoms with Crippen molar-refractivity contribution >= 4 is 19.9 Å². The monoisotopic (exact) mass is 255 g/mol. The van der Waals surface area contributed by atoms with Crippen LogP contribution in [0.2, 0.25) is 0 Å². The summed E-state index contributed by atoms with van der Waals surface area (Å²) in [5, 5.41) is 0. The van der Waals surface area contributed by atoms with Crippen molar-refractivity contribution in [3.8, 4) is 0 Å². The van der Waals surface area contributed by atoms with Gasteiger partial charge in [-0.25, -0.2) is 4.21 Å². The number of halogens is 3. The summed E-state index contributed by atoms with van der Waals surface area (Å²) in [5.41, 5.74) is 0. The van der Waals surface area contributed by atoms with E-state index < -0.39 is 15.0 Å². The first kappa shape index (κ1) is 12.4. The molecule has 7 heteroatoms. The predicted molar refractivity (Wildman–Crippen MR) is 54.0 cm³/mol. The fourth-order valence-electron chi connectivity index (χ4n) is 0.887. The van der Waals surface area contributed by atoms with Crippen LogP contribution in [0.25, 0.3) is 0 Å². The number of hydrogen-bond donors (Lipinski definition) is 0. The molecule has 15 heavy (non-hydrogen) atoms. The average Bonchev–Trinajstić information content (AvgIpc) is 2.16. The summed E-state index contributed by atoms with van der Waals surface area (Å²) in [5.74, 6) is 0. The first-order valence-electron chi connectivity index (χ1n) is 3.87. The maximum absolute atomic E-state index is 12.3. The minimum Gasteiger partial charge on any atom is -0.236 e. The molecule has 0 saturated heterocycles. The molecular formula is C8H8F3NOS2. The number of alkyl halides is 3. The Labute approximate surface area is 90.5 Å². The average molecular weight is 255 g/mol. The lowest BCUT2D eigenvalue weighted by Gasteiger charge is -2.22. The van der Waals surface area contributed by atoms with Crippen LogP contribution in [-0.4, -0.2) is 21.9 Å². The van der Waals surface area contributed by atoms with Crippen molar-refractivity contribution in [2.45, 2.75) is 11.2 Å². The summed E-state index contributed by atoms with van der Waals surface area (Å²) in [6.07, 6.45) is -4.70. The Morgan fingerprint density at radius 1 is 1.27 bits per heavy atom. The highest BCUT2D eigenvalue weighted by molar-refractivity contribution is 8.31. The van der Waals surface area contributed by atoms with Crippen LogP contribution in [0, 0.1) is 0 Å². The van der Waals surface area contributed by atoms with Crippen molar-refractivity contribution in [2.24, 2.45) is 0 Å². The van der Waals surface area contributed by atoms with Gasteiger partial charge in [-0.2, -0.15) is 13.2 Å². The van der Waals surface area contributed by atoms with E-state index in [0.717, 1.165) is 0 Å². The third-order valence-electron chi connectivity index (χ3n) is 1.76. The molecule has 0 radical (unpaired) electrons. The molecule has 1 aromatic rings. The molecule has 84 valence electrons. The molecule has 1 atom stereocenters. The van der Waals surface area contributed by atoms with Crippen LogP contribution in [0.1, 0.15) is 0 Å². The van der Waals surface area contributed by atoms with Crippen molar-refractivity contribution in [3.05, 3.63) is 30.3 Å². The van der Waals surface area contributed by atoms with E-state index in [1.807, 2.05) is 0 Å². The van der Waals surface area contributed by atoms with Crippen molar-refractivity contribution in [2.75, 3.05) is 7.05 Å². The van der Waals surface area contributed by atoms with E-state index in [2.05, 4.69) is 11.2 Å². The third kappa shape index (κ3) is 2.67. The summed E-state index contributed by atoms with van der Waals surface area (Å²) in [6.45, 7) is 0. The second-order valence-electron chi connectivity index (χ2n) is 2.75.